The zero-order valence-corrected chi connectivity index (χ0v) is 13.5. The van der Waals surface area contributed by atoms with Gasteiger partial charge < -0.3 is 9.80 Å². The molecule has 1 amide bonds. The molecule has 0 aromatic carbocycles. The van der Waals surface area contributed by atoms with Gasteiger partial charge in [-0.2, -0.15) is 0 Å². The Balaban J connectivity index is 1.60. The Labute approximate surface area is 132 Å². The molecule has 0 aliphatic carbocycles. The number of hydrogen-bond acceptors (Lipinski definition) is 5. The maximum Gasteiger partial charge on any atom is 0.239 e. The van der Waals surface area contributed by atoms with Gasteiger partial charge in [-0.3, -0.25) is 9.69 Å². The quantitative estimate of drug-likeness (QED) is 0.808. The van der Waals surface area contributed by atoms with Gasteiger partial charge in [-0.15, -0.1) is 0 Å². The lowest BCUT2D eigenvalue weighted by Crippen LogP contribution is -2.54. The van der Waals surface area contributed by atoms with Crippen LogP contribution in [0.3, 0.4) is 0 Å². The van der Waals surface area contributed by atoms with Crippen LogP contribution in [-0.2, 0) is 17.8 Å². The van der Waals surface area contributed by atoms with Gasteiger partial charge in [0.1, 0.15) is 6.33 Å². The molecule has 6 nitrogen and oxygen atoms in total. The molecule has 1 saturated heterocycles. The third kappa shape index (κ3) is 3.13. The van der Waals surface area contributed by atoms with Crippen molar-refractivity contribution in [3.8, 4) is 0 Å². The highest BCUT2D eigenvalue weighted by Crippen LogP contribution is 2.19. The number of rotatable bonds is 3. The minimum atomic E-state index is -0.0729. The van der Waals surface area contributed by atoms with Crippen LogP contribution in [0, 0.1) is 0 Å². The Bertz CT molecular complexity index is 527. The molecule has 3 heterocycles. The molecule has 0 unspecified atom stereocenters. The molecule has 0 spiro atoms. The summed E-state index contributed by atoms with van der Waals surface area (Å²) in [4.78, 5) is 27.8. The fraction of sp³-hybridized carbons (Fsp3) is 0.688. The van der Waals surface area contributed by atoms with E-state index in [1.165, 1.54) is 5.56 Å². The van der Waals surface area contributed by atoms with Gasteiger partial charge in [0.25, 0.3) is 0 Å². The van der Waals surface area contributed by atoms with E-state index in [-0.39, 0.29) is 11.9 Å². The summed E-state index contributed by atoms with van der Waals surface area (Å²) in [6.07, 6.45) is 4.42. The summed E-state index contributed by atoms with van der Waals surface area (Å²) >= 11 is 0. The second kappa shape index (κ2) is 6.71. The Morgan fingerprint density at radius 2 is 2.05 bits per heavy atom. The van der Waals surface area contributed by atoms with Crippen molar-refractivity contribution in [1.29, 1.82) is 0 Å². The van der Waals surface area contributed by atoms with E-state index in [4.69, 9.17) is 0 Å². The van der Waals surface area contributed by atoms with Gasteiger partial charge in [0, 0.05) is 45.5 Å². The topological polar surface area (TPSA) is 52.6 Å². The molecule has 120 valence electrons. The minimum absolute atomic E-state index is 0.0729. The smallest absolute Gasteiger partial charge is 0.239 e. The molecule has 22 heavy (non-hydrogen) atoms. The number of nitrogens with zero attached hydrogens (tertiary/aromatic N) is 5. The monoisotopic (exact) mass is 303 g/mol. The first-order chi connectivity index (χ1) is 10.7. The summed E-state index contributed by atoms with van der Waals surface area (Å²) in [5.74, 6) is 0.258. The largest absolute Gasteiger partial charge is 0.339 e. The van der Waals surface area contributed by atoms with Gasteiger partial charge >= 0.3 is 0 Å². The van der Waals surface area contributed by atoms with Gasteiger partial charge in [-0.25, -0.2) is 9.97 Å². The molecule has 6 heteroatoms. The summed E-state index contributed by atoms with van der Waals surface area (Å²) in [6.45, 7) is 10.6. The lowest BCUT2D eigenvalue weighted by Gasteiger charge is -2.38. The maximum atomic E-state index is 12.7. The van der Waals surface area contributed by atoms with E-state index in [0.717, 1.165) is 57.9 Å². The van der Waals surface area contributed by atoms with E-state index in [9.17, 15) is 4.79 Å². The van der Waals surface area contributed by atoms with Crippen molar-refractivity contribution in [2.75, 3.05) is 39.3 Å². The van der Waals surface area contributed by atoms with E-state index in [0.29, 0.717) is 0 Å². The molecular formula is C16H25N5O. The van der Waals surface area contributed by atoms with Crippen molar-refractivity contribution in [1.82, 2.24) is 24.7 Å². The average molecular weight is 303 g/mol. The van der Waals surface area contributed by atoms with Crippen molar-refractivity contribution in [3.63, 3.8) is 0 Å². The van der Waals surface area contributed by atoms with Gasteiger partial charge in [0.05, 0.1) is 11.7 Å². The summed E-state index contributed by atoms with van der Waals surface area (Å²) in [6, 6.07) is -0.0729. The van der Waals surface area contributed by atoms with Crippen LogP contribution >= 0.6 is 0 Å². The van der Waals surface area contributed by atoms with Gasteiger partial charge in [-0.1, -0.05) is 6.92 Å². The van der Waals surface area contributed by atoms with Crippen molar-refractivity contribution >= 4 is 5.91 Å². The first-order valence-corrected chi connectivity index (χ1v) is 8.22. The molecule has 1 fully saturated rings. The predicted molar refractivity (Wildman–Crippen MR) is 84.3 cm³/mol. The lowest BCUT2D eigenvalue weighted by atomic mass is 10.0. The fourth-order valence-corrected chi connectivity index (χ4v) is 3.31. The molecule has 0 saturated carbocycles. The molecule has 0 bridgehead atoms. The van der Waals surface area contributed by atoms with Crippen molar-refractivity contribution < 1.29 is 4.79 Å². The summed E-state index contributed by atoms with van der Waals surface area (Å²) < 4.78 is 0. The Hall–Kier alpha value is -1.53. The van der Waals surface area contributed by atoms with Crippen LogP contribution in [0.5, 0.6) is 0 Å². The molecule has 1 aromatic rings. The maximum absolute atomic E-state index is 12.7. The highest BCUT2D eigenvalue weighted by molar-refractivity contribution is 5.81. The molecular weight excluding hydrogens is 278 g/mol. The normalized spacial score (nSPS) is 21.5. The highest BCUT2D eigenvalue weighted by Gasteiger charge is 2.30. The number of carbonyl (C=O) groups is 1. The fourth-order valence-electron chi connectivity index (χ4n) is 3.31. The molecule has 3 rings (SSSR count). The Kier molecular flexibility index (Phi) is 4.69. The number of amides is 1. The zero-order chi connectivity index (χ0) is 15.5. The summed E-state index contributed by atoms with van der Waals surface area (Å²) in [5, 5.41) is 0. The van der Waals surface area contributed by atoms with Crippen molar-refractivity contribution in [2.24, 2.45) is 0 Å². The SMILES string of the molecule is CCN1CCN(C(=O)[C@H](C)N2CCc3cncnc3C2)CC1. The third-order valence-electron chi connectivity index (χ3n) is 4.94. The second-order valence-corrected chi connectivity index (χ2v) is 6.15. The molecule has 1 aromatic heterocycles. The number of carbonyl (C=O) groups excluding carboxylic acids is 1. The van der Waals surface area contributed by atoms with Crippen LogP contribution in [-0.4, -0.2) is 75.9 Å². The van der Waals surface area contributed by atoms with Gasteiger partial charge in [0.2, 0.25) is 5.91 Å². The third-order valence-corrected chi connectivity index (χ3v) is 4.94. The van der Waals surface area contributed by atoms with Crippen LogP contribution in [0.25, 0.3) is 0 Å². The zero-order valence-electron chi connectivity index (χ0n) is 13.5. The minimum Gasteiger partial charge on any atom is -0.339 e. The number of piperazine rings is 1. The van der Waals surface area contributed by atoms with Crippen LogP contribution in [0.4, 0.5) is 0 Å². The number of likely N-dealkylation sites (N-methyl/N-ethyl adjacent to an activating group) is 1. The molecule has 1 atom stereocenters. The van der Waals surface area contributed by atoms with Crippen LogP contribution in [0.1, 0.15) is 25.1 Å². The van der Waals surface area contributed by atoms with Crippen molar-refractivity contribution in [2.45, 2.75) is 32.9 Å². The molecule has 2 aliphatic heterocycles. The van der Waals surface area contributed by atoms with E-state index >= 15 is 0 Å². The molecule has 0 N–H and O–H groups in total. The number of hydrogen-bond donors (Lipinski definition) is 0. The van der Waals surface area contributed by atoms with E-state index < -0.39 is 0 Å². The first-order valence-electron chi connectivity index (χ1n) is 8.22. The summed E-state index contributed by atoms with van der Waals surface area (Å²) in [7, 11) is 0. The average Bonchev–Trinajstić information content (AvgIpc) is 2.60. The second-order valence-electron chi connectivity index (χ2n) is 6.15. The first kappa shape index (κ1) is 15.4. The number of aromatic nitrogens is 2. The van der Waals surface area contributed by atoms with E-state index in [2.05, 4.69) is 26.7 Å². The molecule has 2 aliphatic rings. The van der Waals surface area contributed by atoms with E-state index in [1.54, 1.807) is 6.33 Å². The Morgan fingerprint density at radius 3 is 2.77 bits per heavy atom. The van der Waals surface area contributed by atoms with Crippen molar-refractivity contribution in [3.05, 3.63) is 23.8 Å². The van der Waals surface area contributed by atoms with Crippen LogP contribution in [0.15, 0.2) is 12.5 Å². The standard InChI is InChI=1S/C16H25N5O/c1-3-19-6-8-20(9-7-19)16(22)13(2)21-5-4-14-10-17-12-18-15(14)11-21/h10,12-13H,3-9,11H2,1-2H3/t13-/m0/s1. The summed E-state index contributed by atoms with van der Waals surface area (Å²) in [5.41, 5.74) is 2.28. The van der Waals surface area contributed by atoms with Crippen LogP contribution < -0.4 is 0 Å². The predicted octanol–water partition coefficient (Wildman–Crippen LogP) is 0.387. The number of fused-ring (bicyclic) bond motifs is 1. The lowest BCUT2D eigenvalue weighted by molar-refractivity contribution is -0.138. The molecule has 0 radical (unpaired) electrons. The van der Waals surface area contributed by atoms with Crippen LogP contribution in [0.2, 0.25) is 0 Å². The van der Waals surface area contributed by atoms with Gasteiger partial charge in [-0.05, 0) is 25.5 Å². The highest BCUT2D eigenvalue weighted by atomic mass is 16.2. The Morgan fingerprint density at radius 1 is 1.27 bits per heavy atom. The van der Waals surface area contributed by atoms with Gasteiger partial charge in [0.15, 0.2) is 0 Å². The van der Waals surface area contributed by atoms with E-state index in [1.807, 2.05) is 18.0 Å².